The maximum atomic E-state index is 12.6. The molecule has 2 N–H and O–H groups in total. The molecule has 1 unspecified atom stereocenters. The fourth-order valence-electron chi connectivity index (χ4n) is 2.15. The molecule has 0 aliphatic carbocycles. The molecule has 0 spiro atoms. The van der Waals surface area contributed by atoms with Crippen molar-refractivity contribution in [1.82, 2.24) is 10.6 Å². The molecular weight excluding hydrogens is 336 g/mol. The molecule has 1 atom stereocenters. The second-order valence-electron chi connectivity index (χ2n) is 5.28. The number of methoxy groups -OCH3 is 1. The van der Waals surface area contributed by atoms with Gasteiger partial charge in [0.1, 0.15) is 5.25 Å². The number of carbonyl (C=O) groups excluding carboxylic acids is 2. The Kier molecular flexibility index (Phi) is 8.01. The van der Waals surface area contributed by atoms with Crippen molar-refractivity contribution >= 4 is 23.6 Å². The summed E-state index contributed by atoms with van der Waals surface area (Å²) in [7, 11) is 1.57. The van der Waals surface area contributed by atoms with E-state index in [0.717, 1.165) is 10.5 Å². The van der Waals surface area contributed by atoms with Crippen LogP contribution >= 0.6 is 11.8 Å². The van der Waals surface area contributed by atoms with Gasteiger partial charge in [-0.3, -0.25) is 9.59 Å². The highest BCUT2D eigenvalue weighted by Gasteiger charge is 2.22. The summed E-state index contributed by atoms with van der Waals surface area (Å²) in [5.74, 6) is -0.427. The lowest BCUT2D eigenvalue weighted by atomic mass is 10.1. The van der Waals surface area contributed by atoms with Crippen molar-refractivity contribution in [2.75, 3.05) is 26.8 Å². The quantitative estimate of drug-likeness (QED) is 0.534. The van der Waals surface area contributed by atoms with Crippen molar-refractivity contribution in [2.24, 2.45) is 0 Å². The molecule has 6 heteroatoms. The minimum atomic E-state index is -0.421. The van der Waals surface area contributed by atoms with Crippen LogP contribution in [-0.2, 0) is 14.3 Å². The maximum Gasteiger partial charge on any atom is 0.239 e. The zero-order chi connectivity index (χ0) is 17.9. The van der Waals surface area contributed by atoms with E-state index in [1.807, 2.05) is 60.7 Å². The van der Waals surface area contributed by atoms with E-state index in [4.69, 9.17) is 4.74 Å². The van der Waals surface area contributed by atoms with Gasteiger partial charge in [-0.15, -0.1) is 11.8 Å². The molecular formula is C19H22N2O3S. The van der Waals surface area contributed by atoms with E-state index in [-0.39, 0.29) is 18.4 Å². The van der Waals surface area contributed by atoms with Crippen molar-refractivity contribution in [2.45, 2.75) is 10.1 Å². The number of hydrogen-bond donors (Lipinski definition) is 2. The Morgan fingerprint density at radius 3 is 2.28 bits per heavy atom. The van der Waals surface area contributed by atoms with Crippen molar-refractivity contribution in [3.8, 4) is 0 Å². The Hall–Kier alpha value is -2.31. The molecule has 132 valence electrons. The van der Waals surface area contributed by atoms with Crippen LogP contribution in [0.5, 0.6) is 0 Å². The van der Waals surface area contributed by atoms with Gasteiger partial charge in [0.05, 0.1) is 13.2 Å². The molecule has 2 aromatic rings. The van der Waals surface area contributed by atoms with Crippen LogP contribution < -0.4 is 10.6 Å². The van der Waals surface area contributed by atoms with Gasteiger partial charge in [0, 0.05) is 18.6 Å². The van der Waals surface area contributed by atoms with E-state index in [2.05, 4.69) is 10.6 Å². The predicted molar refractivity (Wildman–Crippen MR) is 99.4 cm³/mol. The summed E-state index contributed by atoms with van der Waals surface area (Å²) in [5, 5.41) is 4.98. The fourth-order valence-corrected chi connectivity index (χ4v) is 3.22. The molecule has 0 aromatic heterocycles. The van der Waals surface area contributed by atoms with Crippen LogP contribution in [0.4, 0.5) is 0 Å². The lowest BCUT2D eigenvalue weighted by molar-refractivity contribution is -0.125. The SMILES string of the molecule is COCCNC(=O)CNC(=O)C(Sc1ccccc1)c1ccccc1. The monoisotopic (exact) mass is 358 g/mol. The Morgan fingerprint density at radius 1 is 1.00 bits per heavy atom. The van der Waals surface area contributed by atoms with E-state index in [1.165, 1.54) is 11.8 Å². The Morgan fingerprint density at radius 2 is 1.64 bits per heavy atom. The Bertz CT molecular complexity index is 665. The third-order valence-corrected chi connectivity index (χ3v) is 4.66. The zero-order valence-corrected chi connectivity index (χ0v) is 14.9. The first kappa shape index (κ1) is 19.0. The van der Waals surface area contributed by atoms with Gasteiger partial charge in [-0.1, -0.05) is 48.5 Å². The van der Waals surface area contributed by atoms with Gasteiger partial charge < -0.3 is 15.4 Å². The second kappa shape index (κ2) is 10.5. The first-order valence-electron chi connectivity index (χ1n) is 8.00. The number of carbonyl (C=O) groups is 2. The van der Waals surface area contributed by atoms with Gasteiger partial charge in [0.15, 0.2) is 0 Å². The molecule has 5 nitrogen and oxygen atoms in total. The molecule has 2 amide bonds. The number of amides is 2. The molecule has 2 rings (SSSR count). The van der Waals surface area contributed by atoms with Crippen LogP contribution in [0.25, 0.3) is 0 Å². The number of ether oxygens (including phenoxy) is 1. The van der Waals surface area contributed by atoms with Crippen LogP contribution in [0.3, 0.4) is 0 Å². The number of nitrogens with one attached hydrogen (secondary N) is 2. The maximum absolute atomic E-state index is 12.6. The van der Waals surface area contributed by atoms with Gasteiger partial charge >= 0.3 is 0 Å². The van der Waals surface area contributed by atoms with Gasteiger partial charge in [-0.05, 0) is 17.7 Å². The molecule has 0 heterocycles. The summed E-state index contributed by atoms with van der Waals surface area (Å²) < 4.78 is 4.87. The fraction of sp³-hybridized carbons (Fsp3) is 0.263. The van der Waals surface area contributed by atoms with E-state index in [1.54, 1.807) is 7.11 Å². The zero-order valence-electron chi connectivity index (χ0n) is 14.1. The summed E-state index contributed by atoms with van der Waals surface area (Å²) in [4.78, 5) is 25.4. The molecule has 0 bridgehead atoms. The highest BCUT2D eigenvalue weighted by molar-refractivity contribution is 8.00. The van der Waals surface area contributed by atoms with Crippen molar-refractivity contribution in [3.63, 3.8) is 0 Å². The normalized spacial score (nSPS) is 11.6. The molecule has 0 aliphatic rings. The van der Waals surface area contributed by atoms with Crippen LogP contribution in [0.1, 0.15) is 10.8 Å². The largest absolute Gasteiger partial charge is 0.383 e. The van der Waals surface area contributed by atoms with Crippen LogP contribution in [0, 0.1) is 0 Å². The highest BCUT2D eigenvalue weighted by Crippen LogP contribution is 2.35. The summed E-state index contributed by atoms with van der Waals surface area (Å²) >= 11 is 1.46. The minimum absolute atomic E-state index is 0.0543. The third kappa shape index (κ3) is 6.60. The molecule has 0 saturated heterocycles. The van der Waals surface area contributed by atoms with Gasteiger partial charge in [0.2, 0.25) is 11.8 Å². The Balaban J connectivity index is 2.00. The highest BCUT2D eigenvalue weighted by atomic mass is 32.2. The van der Waals surface area contributed by atoms with Crippen LogP contribution in [-0.4, -0.2) is 38.6 Å². The summed E-state index contributed by atoms with van der Waals surface area (Å²) in [5.41, 5.74) is 0.897. The number of benzene rings is 2. The molecule has 25 heavy (non-hydrogen) atoms. The molecule has 0 saturated carbocycles. The smallest absolute Gasteiger partial charge is 0.239 e. The van der Waals surface area contributed by atoms with Gasteiger partial charge in [-0.25, -0.2) is 0 Å². The lowest BCUT2D eigenvalue weighted by Gasteiger charge is -2.17. The van der Waals surface area contributed by atoms with Crippen LogP contribution in [0.15, 0.2) is 65.6 Å². The number of hydrogen-bond acceptors (Lipinski definition) is 4. The van der Waals surface area contributed by atoms with E-state index >= 15 is 0 Å². The number of thioether (sulfide) groups is 1. The van der Waals surface area contributed by atoms with Crippen LogP contribution in [0.2, 0.25) is 0 Å². The second-order valence-corrected chi connectivity index (χ2v) is 6.46. The van der Waals surface area contributed by atoms with Gasteiger partial charge in [-0.2, -0.15) is 0 Å². The predicted octanol–water partition coefficient (Wildman–Crippen LogP) is 2.40. The average Bonchev–Trinajstić information content (AvgIpc) is 2.66. The lowest BCUT2D eigenvalue weighted by Crippen LogP contribution is -2.39. The van der Waals surface area contributed by atoms with Crippen molar-refractivity contribution in [1.29, 1.82) is 0 Å². The first-order valence-corrected chi connectivity index (χ1v) is 8.88. The third-order valence-electron chi connectivity index (χ3n) is 3.39. The molecule has 0 aliphatic heterocycles. The minimum Gasteiger partial charge on any atom is -0.383 e. The average molecular weight is 358 g/mol. The summed E-state index contributed by atoms with van der Waals surface area (Å²) in [6, 6.07) is 19.3. The summed E-state index contributed by atoms with van der Waals surface area (Å²) in [6.07, 6.45) is 0. The number of rotatable bonds is 9. The van der Waals surface area contributed by atoms with E-state index in [0.29, 0.717) is 13.2 Å². The standard InChI is InChI=1S/C19H22N2O3S/c1-24-13-12-20-17(22)14-21-19(23)18(15-8-4-2-5-9-15)25-16-10-6-3-7-11-16/h2-11,18H,12-14H2,1H3,(H,20,22)(H,21,23). The topological polar surface area (TPSA) is 67.4 Å². The van der Waals surface area contributed by atoms with Crippen molar-refractivity contribution < 1.29 is 14.3 Å². The first-order chi connectivity index (χ1) is 12.2. The van der Waals surface area contributed by atoms with Gasteiger partial charge in [0.25, 0.3) is 0 Å². The molecule has 0 fully saturated rings. The Labute approximate surface area is 152 Å². The molecule has 0 radical (unpaired) electrons. The molecule has 2 aromatic carbocycles. The van der Waals surface area contributed by atoms with Crippen molar-refractivity contribution in [3.05, 3.63) is 66.2 Å². The van der Waals surface area contributed by atoms with E-state index < -0.39 is 5.25 Å². The summed E-state index contributed by atoms with van der Waals surface area (Å²) in [6.45, 7) is 0.809. The van der Waals surface area contributed by atoms with E-state index in [9.17, 15) is 9.59 Å².